The molecule has 0 radical (unpaired) electrons. The fourth-order valence-electron chi connectivity index (χ4n) is 4.47. The molecule has 0 unspecified atom stereocenters. The number of nitrogens with zero attached hydrogens (tertiary/aromatic N) is 2. The van der Waals surface area contributed by atoms with Gasteiger partial charge in [0.05, 0.1) is 11.1 Å². The van der Waals surface area contributed by atoms with Gasteiger partial charge in [-0.15, -0.1) is 0 Å². The lowest BCUT2D eigenvalue weighted by molar-refractivity contribution is -0.110. The van der Waals surface area contributed by atoms with E-state index in [0.29, 0.717) is 10.6 Å². The number of aryl methyl sites for hydroxylation is 1. The molecule has 6 nitrogen and oxygen atoms in total. The van der Waals surface area contributed by atoms with E-state index in [4.69, 9.17) is 11.6 Å². The molecule has 0 atom stereocenters. The molecule has 0 aliphatic carbocycles. The number of benzene rings is 1. The van der Waals surface area contributed by atoms with Gasteiger partial charge >= 0.3 is 0 Å². The maximum atomic E-state index is 13.4. The lowest BCUT2D eigenvalue weighted by atomic mass is 10.0. The van der Waals surface area contributed by atoms with E-state index >= 15 is 0 Å². The van der Waals surface area contributed by atoms with Crippen molar-refractivity contribution in [3.63, 3.8) is 0 Å². The Morgan fingerprint density at radius 1 is 1.23 bits per heavy atom. The van der Waals surface area contributed by atoms with Crippen molar-refractivity contribution < 1.29 is 9.59 Å². The second-order valence-electron chi connectivity index (χ2n) is 8.14. The van der Waals surface area contributed by atoms with Gasteiger partial charge in [-0.3, -0.25) is 9.59 Å². The SMILES string of the molecule is CCN(CC)CCN1CCCc2[nH]c(/C=C3\C(=O)Nc4ccc(Cl)cc43)c(C)c2C1=O. The Morgan fingerprint density at radius 3 is 2.74 bits per heavy atom. The first-order valence-electron chi connectivity index (χ1n) is 11.0. The van der Waals surface area contributed by atoms with Gasteiger partial charge in [-0.25, -0.2) is 0 Å². The average molecular weight is 441 g/mol. The minimum absolute atomic E-state index is 0.0809. The molecule has 7 heteroatoms. The van der Waals surface area contributed by atoms with Crippen LogP contribution in [0.1, 0.15) is 53.1 Å². The number of nitrogens with one attached hydrogen (secondary N) is 2. The summed E-state index contributed by atoms with van der Waals surface area (Å²) in [7, 11) is 0. The van der Waals surface area contributed by atoms with E-state index in [9.17, 15) is 9.59 Å². The highest BCUT2D eigenvalue weighted by Gasteiger charge is 2.29. The number of rotatable bonds is 6. The summed E-state index contributed by atoms with van der Waals surface area (Å²) in [5.41, 5.74) is 5.52. The summed E-state index contributed by atoms with van der Waals surface area (Å²) in [5.74, 6) is -0.0778. The summed E-state index contributed by atoms with van der Waals surface area (Å²) < 4.78 is 0. The Labute approximate surface area is 188 Å². The van der Waals surface area contributed by atoms with E-state index in [2.05, 4.69) is 29.0 Å². The lowest BCUT2D eigenvalue weighted by Gasteiger charge is -2.25. The molecule has 2 N–H and O–H groups in total. The van der Waals surface area contributed by atoms with E-state index < -0.39 is 0 Å². The second-order valence-corrected chi connectivity index (χ2v) is 8.58. The molecular weight excluding hydrogens is 412 g/mol. The van der Waals surface area contributed by atoms with Crippen molar-refractivity contribution in [2.24, 2.45) is 0 Å². The number of aromatic amines is 1. The van der Waals surface area contributed by atoms with Crippen LogP contribution >= 0.6 is 11.6 Å². The van der Waals surface area contributed by atoms with Crippen molar-refractivity contribution in [2.45, 2.75) is 33.6 Å². The fraction of sp³-hybridized carbons (Fsp3) is 0.417. The lowest BCUT2D eigenvalue weighted by Crippen LogP contribution is -2.38. The van der Waals surface area contributed by atoms with Gasteiger partial charge in [0.25, 0.3) is 11.8 Å². The summed E-state index contributed by atoms with van der Waals surface area (Å²) in [6.07, 6.45) is 3.59. The number of hydrogen-bond donors (Lipinski definition) is 2. The van der Waals surface area contributed by atoms with Crippen molar-refractivity contribution in [3.05, 3.63) is 51.3 Å². The minimum atomic E-state index is -0.159. The van der Waals surface area contributed by atoms with E-state index in [1.54, 1.807) is 12.1 Å². The number of likely N-dealkylation sites (N-methyl/N-ethyl adjacent to an activating group) is 1. The van der Waals surface area contributed by atoms with Crippen molar-refractivity contribution in [1.29, 1.82) is 0 Å². The predicted octanol–water partition coefficient (Wildman–Crippen LogP) is 4.20. The maximum Gasteiger partial charge on any atom is 0.256 e. The van der Waals surface area contributed by atoms with Crippen molar-refractivity contribution in [3.8, 4) is 0 Å². The molecule has 0 bridgehead atoms. The molecule has 2 amide bonds. The van der Waals surface area contributed by atoms with Crippen LogP contribution in [0.4, 0.5) is 5.69 Å². The molecule has 0 spiro atoms. The third kappa shape index (κ3) is 4.14. The van der Waals surface area contributed by atoms with Crippen LogP contribution in [0.2, 0.25) is 5.02 Å². The van der Waals surface area contributed by atoms with Gasteiger partial charge < -0.3 is 20.1 Å². The first kappa shape index (κ1) is 21.7. The standard InChI is InChI=1S/C24H29ClN4O2/c1-4-28(5-2)11-12-29-10-6-7-20-22(24(29)31)15(3)21(26-20)14-18-17-13-16(25)8-9-19(17)27-23(18)30/h8-9,13-14,26H,4-7,10-12H2,1-3H3,(H,27,30)/b18-14-. The molecule has 4 rings (SSSR count). The molecule has 2 aliphatic heterocycles. The zero-order valence-electron chi connectivity index (χ0n) is 18.3. The number of aromatic nitrogens is 1. The quantitative estimate of drug-likeness (QED) is 0.661. The van der Waals surface area contributed by atoms with E-state index in [1.807, 2.05) is 24.0 Å². The average Bonchev–Trinajstić information content (AvgIpc) is 3.17. The van der Waals surface area contributed by atoms with Crippen LogP contribution in [0, 0.1) is 6.92 Å². The molecule has 0 saturated carbocycles. The molecule has 1 aromatic heterocycles. The van der Waals surface area contributed by atoms with Crippen molar-refractivity contribution in [1.82, 2.24) is 14.8 Å². The van der Waals surface area contributed by atoms with Gasteiger partial charge in [-0.1, -0.05) is 25.4 Å². The Hall–Kier alpha value is -2.57. The second kappa shape index (κ2) is 8.89. The van der Waals surface area contributed by atoms with Gasteiger partial charge in [-0.05, 0) is 62.7 Å². The number of hydrogen-bond acceptors (Lipinski definition) is 3. The monoisotopic (exact) mass is 440 g/mol. The van der Waals surface area contributed by atoms with Gasteiger partial charge in [0, 0.05) is 47.3 Å². The number of amides is 2. The minimum Gasteiger partial charge on any atom is -0.358 e. The van der Waals surface area contributed by atoms with Crippen LogP contribution in [0.3, 0.4) is 0 Å². The Morgan fingerprint density at radius 2 is 2.00 bits per heavy atom. The molecule has 31 heavy (non-hydrogen) atoms. The maximum absolute atomic E-state index is 13.4. The van der Waals surface area contributed by atoms with E-state index in [-0.39, 0.29) is 11.8 Å². The predicted molar refractivity (Wildman–Crippen MR) is 125 cm³/mol. The summed E-state index contributed by atoms with van der Waals surface area (Å²) >= 11 is 6.15. The van der Waals surface area contributed by atoms with Crippen LogP contribution in [0.5, 0.6) is 0 Å². The van der Waals surface area contributed by atoms with Gasteiger partial charge in [0.1, 0.15) is 0 Å². The Balaban J connectivity index is 1.65. The summed E-state index contributed by atoms with van der Waals surface area (Å²) in [4.78, 5) is 33.7. The Kier molecular flexibility index (Phi) is 6.21. The molecule has 3 heterocycles. The molecule has 2 aliphatic rings. The highest BCUT2D eigenvalue weighted by atomic mass is 35.5. The normalized spacial score (nSPS) is 17.2. The Bertz CT molecular complexity index is 1050. The molecule has 2 aromatic rings. The van der Waals surface area contributed by atoms with Gasteiger partial charge in [-0.2, -0.15) is 0 Å². The zero-order valence-corrected chi connectivity index (χ0v) is 19.1. The highest BCUT2D eigenvalue weighted by Crippen LogP contribution is 2.36. The van der Waals surface area contributed by atoms with Crippen LogP contribution in [0.15, 0.2) is 18.2 Å². The smallest absolute Gasteiger partial charge is 0.256 e. The van der Waals surface area contributed by atoms with E-state index in [0.717, 1.165) is 79.3 Å². The number of carbonyl (C=O) groups excluding carboxylic acids is 2. The van der Waals surface area contributed by atoms with Crippen LogP contribution in [-0.2, 0) is 11.2 Å². The van der Waals surface area contributed by atoms with Crippen LogP contribution in [0.25, 0.3) is 11.6 Å². The van der Waals surface area contributed by atoms with E-state index in [1.165, 1.54) is 0 Å². The summed E-state index contributed by atoms with van der Waals surface area (Å²) in [6, 6.07) is 5.37. The molecular formula is C24H29ClN4O2. The van der Waals surface area contributed by atoms with Crippen LogP contribution in [-0.4, -0.2) is 59.3 Å². The zero-order chi connectivity index (χ0) is 22.1. The number of halogens is 1. The summed E-state index contributed by atoms with van der Waals surface area (Å²) in [6.45, 7) is 10.6. The van der Waals surface area contributed by atoms with Gasteiger partial charge in [0.2, 0.25) is 0 Å². The number of fused-ring (bicyclic) bond motifs is 2. The number of H-pyrrole nitrogens is 1. The fourth-order valence-corrected chi connectivity index (χ4v) is 4.64. The molecule has 0 fully saturated rings. The third-order valence-corrected chi connectivity index (χ3v) is 6.59. The highest BCUT2D eigenvalue weighted by molar-refractivity contribution is 6.36. The number of carbonyl (C=O) groups is 2. The molecule has 164 valence electrons. The number of anilines is 1. The van der Waals surface area contributed by atoms with Gasteiger partial charge in [0.15, 0.2) is 0 Å². The first-order valence-corrected chi connectivity index (χ1v) is 11.4. The van der Waals surface area contributed by atoms with Crippen LogP contribution < -0.4 is 5.32 Å². The summed E-state index contributed by atoms with van der Waals surface area (Å²) in [5, 5.41) is 3.46. The molecule has 1 aromatic carbocycles. The largest absolute Gasteiger partial charge is 0.358 e. The third-order valence-electron chi connectivity index (χ3n) is 6.36. The molecule has 0 saturated heterocycles. The first-order chi connectivity index (χ1) is 14.9. The van der Waals surface area contributed by atoms with Crippen molar-refractivity contribution >= 4 is 40.8 Å². The van der Waals surface area contributed by atoms with Crippen molar-refractivity contribution in [2.75, 3.05) is 38.0 Å². The topological polar surface area (TPSA) is 68.4 Å².